The van der Waals surface area contributed by atoms with Crippen LogP contribution in [-0.4, -0.2) is 27.1 Å². The van der Waals surface area contributed by atoms with Crippen LogP contribution in [0.1, 0.15) is 39.2 Å². The minimum Gasteiger partial charge on any atom is -0.325 e. The van der Waals surface area contributed by atoms with Gasteiger partial charge in [0.25, 0.3) is 0 Å². The molecule has 1 aromatic heterocycles. The van der Waals surface area contributed by atoms with E-state index in [-0.39, 0.29) is 11.2 Å². The number of hydrogen-bond acceptors (Lipinski definition) is 6. The lowest BCUT2D eigenvalue weighted by atomic mass is 10.0. The fourth-order valence-electron chi connectivity index (χ4n) is 1.89. The number of rotatable bonds is 8. The molecule has 1 atom stereocenters. The van der Waals surface area contributed by atoms with E-state index >= 15 is 0 Å². The van der Waals surface area contributed by atoms with Crippen LogP contribution in [0.3, 0.4) is 0 Å². The van der Waals surface area contributed by atoms with Gasteiger partial charge in [-0.25, -0.2) is 0 Å². The third-order valence-electron chi connectivity index (χ3n) is 3.32. The molecule has 0 radical (unpaired) electrons. The molecule has 2 rings (SSSR count). The molecule has 0 saturated heterocycles. The SMILES string of the molecule is C=C(C)CSc1nnc(S[C@H](C)C(=O)Nc2ccc(C(C)C)cc2)s1. The summed E-state index contributed by atoms with van der Waals surface area (Å²) in [5, 5.41) is 11.0. The molecule has 2 aromatic rings. The minimum absolute atomic E-state index is 0.0337. The number of amides is 1. The predicted molar refractivity (Wildman–Crippen MR) is 110 cm³/mol. The lowest BCUT2D eigenvalue weighted by molar-refractivity contribution is -0.115. The molecule has 7 heteroatoms. The normalized spacial score (nSPS) is 12.2. The summed E-state index contributed by atoms with van der Waals surface area (Å²) in [4.78, 5) is 12.4. The smallest absolute Gasteiger partial charge is 0.237 e. The summed E-state index contributed by atoms with van der Waals surface area (Å²) >= 11 is 4.57. The Morgan fingerprint density at radius 2 is 1.84 bits per heavy atom. The van der Waals surface area contributed by atoms with Gasteiger partial charge < -0.3 is 5.32 Å². The van der Waals surface area contributed by atoms with E-state index < -0.39 is 0 Å². The van der Waals surface area contributed by atoms with E-state index in [9.17, 15) is 4.79 Å². The average Bonchev–Trinajstić information content (AvgIpc) is 3.00. The molecular weight excluding hydrogens is 370 g/mol. The van der Waals surface area contributed by atoms with Crippen molar-refractivity contribution in [2.24, 2.45) is 0 Å². The lowest BCUT2D eigenvalue weighted by Gasteiger charge is -2.11. The highest BCUT2D eigenvalue weighted by atomic mass is 32.2. The molecule has 0 saturated carbocycles. The summed E-state index contributed by atoms with van der Waals surface area (Å²) in [6.07, 6.45) is 0. The molecule has 0 aliphatic heterocycles. The number of anilines is 1. The fourth-order valence-corrected chi connectivity index (χ4v) is 4.90. The maximum Gasteiger partial charge on any atom is 0.237 e. The molecule has 1 heterocycles. The van der Waals surface area contributed by atoms with Crippen LogP contribution in [0.4, 0.5) is 5.69 Å². The lowest BCUT2D eigenvalue weighted by Crippen LogP contribution is -2.22. The molecule has 1 N–H and O–H groups in total. The minimum atomic E-state index is -0.239. The molecule has 0 bridgehead atoms. The molecule has 25 heavy (non-hydrogen) atoms. The third kappa shape index (κ3) is 6.49. The number of benzene rings is 1. The molecule has 0 fully saturated rings. The Bertz CT molecular complexity index is 725. The van der Waals surface area contributed by atoms with Crippen molar-refractivity contribution in [2.45, 2.75) is 47.5 Å². The Hall–Kier alpha value is -1.31. The number of nitrogens with zero attached hydrogens (tertiary/aromatic N) is 2. The highest BCUT2D eigenvalue weighted by molar-refractivity contribution is 8.04. The molecule has 0 spiro atoms. The number of thioether (sulfide) groups is 2. The van der Waals surface area contributed by atoms with Gasteiger partial charge in [-0.2, -0.15) is 0 Å². The molecule has 0 aliphatic rings. The van der Waals surface area contributed by atoms with E-state index in [1.807, 2.05) is 38.1 Å². The average molecular weight is 394 g/mol. The maximum atomic E-state index is 12.4. The van der Waals surface area contributed by atoms with E-state index in [0.29, 0.717) is 5.92 Å². The largest absolute Gasteiger partial charge is 0.325 e. The number of aromatic nitrogens is 2. The van der Waals surface area contributed by atoms with Crippen molar-refractivity contribution in [3.8, 4) is 0 Å². The summed E-state index contributed by atoms with van der Waals surface area (Å²) in [7, 11) is 0. The van der Waals surface area contributed by atoms with Gasteiger partial charge in [0, 0.05) is 11.4 Å². The Morgan fingerprint density at radius 3 is 2.44 bits per heavy atom. The maximum absolute atomic E-state index is 12.4. The van der Waals surface area contributed by atoms with Crippen LogP contribution < -0.4 is 5.32 Å². The van der Waals surface area contributed by atoms with Crippen LogP contribution in [-0.2, 0) is 4.79 Å². The second kappa shape index (κ2) is 9.40. The second-order valence-corrected chi connectivity index (χ2v) is 9.89. The van der Waals surface area contributed by atoms with Gasteiger partial charge in [0.2, 0.25) is 5.91 Å². The zero-order chi connectivity index (χ0) is 18.4. The Kier molecular flexibility index (Phi) is 7.53. The summed E-state index contributed by atoms with van der Waals surface area (Å²) in [6, 6.07) is 7.99. The Morgan fingerprint density at radius 1 is 1.20 bits per heavy atom. The first-order valence-corrected chi connectivity index (χ1v) is 10.7. The molecule has 134 valence electrons. The van der Waals surface area contributed by atoms with Crippen molar-refractivity contribution < 1.29 is 4.79 Å². The van der Waals surface area contributed by atoms with Crippen LogP contribution in [0.15, 0.2) is 45.1 Å². The van der Waals surface area contributed by atoms with E-state index in [2.05, 4.69) is 35.9 Å². The van der Waals surface area contributed by atoms with Gasteiger partial charge in [0.1, 0.15) is 0 Å². The standard InChI is InChI=1S/C18H23N3OS3/c1-11(2)10-23-17-20-21-18(25-17)24-13(5)16(22)19-15-8-6-14(7-9-15)12(3)4/h6-9,12-13H,1,10H2,2-5H3,(H,19,22)/t13-/m1/s1. The fraction of sp³-hybridized carbons (Fsp3) is 0.389. The van der Waals surface area contributed by atoms with Crippen molar-refractivity contribution in [1.29, 1.82) is 0 Å². The summed E-state index contributed by atoms with van der Waals surface area (Å²) < 4.78 is 1.71. The Balaban J connectivity index is 1.88. The first-order valence-electron chi connectivity index (χ1n) is 8.03. The highest BCUT2D eigenvalue weighted by Gasteiger charge is 2.17. The molecule has 1 amide bonds. The van der Waals surface area contributed by atoms with Crippen LogP contribution in [0.2, 0.25) is 0 Å². The second-order valence-electron chi connectivity index (χ2n) is 6.11. The van der Waals surface area contributed by atoms with Crippen molar-refractivity contribution >= 4 is 46.5 Å². The number of nitrogens with one attached hydrogen (secondary N) is 1. The third-order valence-corrected chi connectivity index (χ3v) is 6.79. The predicted octanol–water partition coefficient (Wildman–Crippen LogP) is 5.45. The van der Waals surface area contributed by atoms with Gasteiger partial charge in [-0.05, 0) is 37.5 Å². The molecule has 0 aliphatic carbocycles. The van der Waals surface area contributed by atoms with Gasteiger partial charge in [-0.1, -0.05) is 73.0 Å². The topological polar surface area (TPSA) is 54.9 Å². The zero-order valence-corrected chi connectivity index (χ0v) is 17.4. The summed E-state index contributed by atoms with van der Waals surface area (Å²) in [6.45, 7) is 12.1. The van der Waals surface area contributed by atoms with Gasteiger partial charge in [-0.15, -0.1) is 10.2 Å². The first kappa shape index (κ1) is 20.0. The van der Waals surface area contributed by atoms with Gasteiger partial charge in [0.05, 0.1) is 5.25 Å². The monoisotopic (exact) mass is 393 g/mol. The molecule has 4 nitrogen and oxygen atoms in total. The quantitative estimate of drug-likeness (QED) is 0.477. The van der Waals surface area contributed by atoms with E-state index in [4.69, 9.17) is 0 Å². The van der Waals surface area contributed by atoms with E-state index in [1.54, 1.807) is 11.8 Å². The van der Waals surface area contributed by atoms with E-state index in [0.717, 1.165) is 25.7 Å². The van der Waals surface area contributed by atoms with Crippen LogP contribution in [0.25, 0.3) is 0 Å². The van der Waals surface area contributed by atoms with Crippen molar-refractivity contribution in [3.63, 3.8) is 0 Å². The van der Waals surface area contributed by atoms with Crippen LogP contribution in [0.5, 0.6) is 0 Å². The van der Waals surface area contributed by atoms with E-state index in [1.165, 1.54) is 28.7 Å². The number of hydrogen-bond donors (Lipinski definition) is 1. The first-order chi connectivity index (χ1) is 11.8. The van der Waals surface area contributed by atoms with Gasteiger partial charge in [-0.3, -0.25) is 4.79 Å². The summed E-state index contributed by atoms with van der Waals surface area (Å²) in [5.74, 6) is 1.28. The van der Waals surface area contributed by atoms with Crippen LogP contribution in [0, 0.1) is 0 Å². The van der Waals surface area contributed by atoms with Crippen LogP contribution >= 0.6 is 34.9 Å². The van der Waals surface area contributed by atoms with Gasteiger partial charge in [0.15, 0.2) is 8.68 Å². The molecular formula is C18H23N3OS3. The molecule has 0 unspecified atom stereocenters. The van der Waals surface area contributed by atoms with Gasteiger partial charge >= 0.3 is 0 Å². The zero-order valence-electron chi connectivity index (χ0n) is 14.9. The number of carbonyl (C=O) groups is 1. The highest BCUT2D eigenvalue weighted by Crippen LogP contribution is 2.32. The Labute approximate surface area is 161 Å². The summed E-state index contributed by atoms with van der Waals surface area (Å²) in [5.41, 5.74) is 3.18. The van der Waals surface area contributed by atoms with Crippen molar-refractivity contribution in [2.75, 3.05) is 11.1 Å². The van der Waals surface area contributed by atoms with Crippen molar-refractivity contribution in [1.82, 2.24) is 10.2 Å². The molecule has 1 aromatic carbocycles. The number of carbonyl (C=O) groups excluding carboxylic acids is 1. The van der Waals surface area contributed by atoms with Crippen molar-refractivity contribution in [3.05, 3.63) is 42.0 Å².